The molecule has 1 aromatic heterocycles. The van der Waals surface area contributed by atoms with Crippen LogP contribution in [0.4, 0.5) is 5.82 Å². The quantitative estimate of drug-likeness (QED) is 0.906. The van der Waals surface area contributed by atoms with Gasteiger partial charge in [0.1, 0.15) is 5.82 Å². The van der Waals surface area contributed by atoms with Gasteiger partial charge in [0.25, 0.3) is 0 Å². The minimum Gasteiger partial charge on any atom is -0.358 e. The number of nitrogens with one attached hydrogen (secondary N) is 1. The lowest BCUT2D eigenvalue weighted by molar-refractivity contribution is -0.119. The number of aromatic nitrogens is 1. The number of halogens is 1. The summed E-state index contributed by atoms with van der Waals surface area (Å²) in [5.74, 6) is 0.823. The highest BCUT2D eigenvalue weighted by Crippen LogP contribution is 2.26. The largest absolute Gasteiger partial charge is 0.358 e. The van der Waals surface area contributed by atoms with Crippen LogP contribution >= 0.6 is 15.9 Å². The molecule has 94 valence electrons. The van der Waals surface area contributed by atoms with Crippen LogP contribution < -0.4 is 10.2 Å². The number of hydrogen-bond acceptors (Lipinski definition) is 3. The smallest absolute Gasteiger partial charge is 0.239 e. The number of carbonyl (C=O) groups is 1. The van der Waals surface area contributed by atoms with E-state index in [1.54, 1.807) is 13.2 Å². The van der Waals surface area contributed by atoms with Crippen molar-refractivity contribution in [2.75, 3.05) is 25.0 Å². The molecule has 0 saturated heterocycles. The molecule has 1 aromatic rings. The minimum absolute atomic E-state index is 0.00587. The summed E-state index contributed by atoms with van der Waals surface area (Å²) in [6, 6.07) is 1.94. The monoisotopic (exact) mass is 299 g/mol. The highest BCUT2D eigenvalue weighted by atomic mass is 79.9. The Morgan fingerprint density at radius 3 is 2.88 bits per heavy atom. The molecule has 1 heterocycles. The van der Waals surface area contributed by atoms with Crippen molar-refractivity contribution >= 4 is 27.7 Å². The van der Waals surface area contributed by atoms with Gasteiger partial charge >= 0.3 is 0 Å². The molecule has 1 rings (SSSR count). The summed E-state index contributed by atoms with van der Waals surface area (Å²) in [6.07, 6.45) is 2.74. The van der Waals surface area contributed by atoms with Crippen molar-refractivity contribution in [2.24, 2.45) is 0 Å². The number of anilines is 1. The Bertz CT molecular complexity index is 395. The number of likely N-dealkylation sites (N-methyl/N-ethyl adjacent to an activating group) is 1. The molecule has 0 aliphatic rings. The molecule has 0 spiro atoms. The van der Waals surface area contributed by atoms with Gasteiger partial charge in [-0.3, -0.25) is 4.79 Å². The maximum Gasteiger partial charge on any atom is 0.239 e. The molecule has 0 aliphatic heterocycles. The number of amides is 1. The first kappa shape index (κ1) is 14.0. The van der Waals surface area contributed by atoms with Crippen LogP contribution in [-0.4, -0.2) is 31.0 Å². The van der Waals surface area contributed by atoms with Gasteiger partial charge in [-0.2, -0.15) is 0 Å². The van der Waals surface area contributed by atoms with Crippen molar-refractivity contribution in [3.05, 3.63) is 22.3 Å². The fourth-order valence-corrected chi connectivity index (χ4v) is 2.01. The number of rotatable bonds is 5. The number of aryl methyl sites for hydroxylation is 1. The summed E-state index contributed by atoms with van der Waals surface area (Å²) in [6.45, 7) is 5.24. The van der Waals surface area contributed by atoms with Gasteiger partial charge in [-0.1, -0.05) is 6.92 Å². The summed E-state index contributed by atoms with van der Waals surface area (Å²) in [5.41, 5.74) is 1.12. The van der Waals surface area contributed by atoms with E-state index in [0.717, 1.165) is 28.8 Å². The molecule has 0 bridgehead atoms. The molecule has 17 heavy (non-hydrogen) atoms. The van der Waals surface area contributed by atoms with E-state index in [-0.39, 0.29) is 5.91 Å². The first-order chi connectivity index (χ1) is 8.10. The molecule has 0 aromatic carbocycles. The van der Waals surface area contributed by atoms with Gasteiger partial charge in [-0.15, -0.1) is 0 Å². The van der Waals surface area contributed by atoms with Crippen LogP contribution in [0.3, 0.4) is 0 Å². The normalized spacial score (nSPS) is 10.1. The average molecular weight is 300 g/mol. The van der Waals surface area contributed by atoms with E-state index >= 15 is 0 Å². The molecular weight excluding hydrogens is 282 g/mol. The fourth-order valence-electron chi connectivity index (χ4n) is 1.53. The zero-order chi connectivity index (χ0) is 12.8. The molecular formula is C12H18BrN3O. The van der Waals surface area contributed by atoms with Crippen molar-refractivity contribution in [1.29, 1.82) is 0 Å². The highest BCUT2D eigenvalue weighted by Gasteiger charge is 2.14. The van der Waals surface area contributed by atoms with Crippen LogP contribution in [0.2, 0.25) is 0 Å². The van der Waals surface area contributed by atoms with E-state index in [9.17, 15) is 4.79 Å². The predicted octanol–water partition coefficient (Wildman–Crippen LogP) is 2.11. The first-order valence-corrected chi connectivity index (χ1v) is 6.46. The van der Waals surface area contributed by atoms with Crippen LogP contribution in [0.25, 0.3) is 0 Å². The van der Waals surface area contributed by atoms with Gasteiger partial charge < -0.3 is 10.2 Å². The first-order valence-electron chi connectivity index (χ1n) is 5.66. The zero-order valence-corrected chi connectivity index (χ0v) is 12.0. The maximum atomic E-state index is 11.5. The van der Waals surface area contributed by atoms with Crippen molar-refractivity contribution < 1.29 is 4.79 Å². The third-order valence-electron chi connectivity index (χ3n) is 2.47. The Morgan fingerprint density at radius 1 is 1.59 bits per heavy atom. The van der Waals surface area contributed by atoms with Gasteiger partial charge in [0.05, 0.1) is 11.0 Å². The lowest BCUT2D eigenvalue weighted by atomic mass is 10.2. The van der Waals surface area contributed by atoms with Crippen molar-refractivity contribution in [2.45, 2.75) is 20.3 Å². The molecule has 0 unspecified atom stereocenters. The molecule has 0 radical (unpaired) electrons. The second kappa shape index (κ2) is 6.59. The van der Waals surface area contributed by atoms with E-state index in [4.69, 9.17) is 0 Å². The molecule has 5 heteroatoms. The summed E-state index contributed by atoms with van der Waals surface area (Å²) in [5, 5.41) is 2.63. The van der Waals surface area contributed by atoms with Gasteiger partial charge in [0, 0.05) is 19.8 Å². The van der Waals surface area contributed by atoms with Crippen LogP contribution in [-0.2, 0) is 4.79 Å². The molecule has 0 saturated carbocycles. The van der Waals surface area contributed by atoms with E-state index in [1.165, 1.54) is 0 Å². The summed E-state index contributed by atoms with van der Waals surface area (Å²) >= 11 is 3.53. The van der Waals surface area contributed by atoms with E-state index in [1.807, 2.05) is 17.9 Å². The Labute approximate surface area is 111 Å². The van der Waals surface area contributed by atoms with Gasteiger partial charge in [0.2, 0.25) is 5.91 Å². The molecule has 1 amide bonds. The standard InChI is InChI=1S/C12H18BrN3O/c1-4-7-16(8-10(17)14-3)12-11(13)9(2)5-6-15-12/h5-6H,4,7-8H2,1-3H3,(H,14,17). The molecule has 1 N–H and O–H groups in total. The van der Waals surface area contributed by atoms with Crippen molar-refractivity contribution in [1.82, 2.24) is 10.3 Å². The van der Waals surface area contributed by atoms with Crippen LogP contribution in [0.15, 0.2) is 16.7 Å². The lowest BCUT2D eigenvalue weighted by Gasteiger charge is -2.23. The van der Waals surface area contributed by atoms with Crippen LogP contribution in [0.1, 0.15) is 18.9 Å². The predicted molar refractivity (Wildman–Crippen MR) is 73.2 cm³/mol. The van der Waals surface area contributed by atoms with Crippen molar-refractivity contribution in [3.63, 3.8) is 0 Å². The van der Waals surface area contributed by atoms with Gasteiger partial charge in [0.15, 0.2) is 0 Å². The Balaban J connectivity index is 2.96. The number of pyridine rings is 1. The van der Waals surface area contributed by atoms with E-state index < -0.39 is 0 Å². The lowest BCUT2D eigenvalue weighted by Crippen LogP contribution is -2.36. The Morgan fingerprint density at radius 2 is 2.29 bits per heavy atom. The maximum absolute atomic E-state index is 11.5. The third kappa shape index (κ3) is 3.70. The Hall–Kier alpha value is -1.10. The number of hydrogen-bond donors (Lipinski definition) is 1. The van der Waals surface area contributed by atoms with Crippen molar-refractivity contribution in [3.8, 4) is 0 Å². The topological polar surface area (TPSA) is 45.2 Å². The van der Waals surface area contributed by atoms with Gasteiger partial charge in [-0.05, 0) is 40.9 Å². The second-order valence-corrected chi connectivity index (χ2v) is 4.65. The highest BCUT2D eigenvalue weighted by molar-refractivity contribution is 9.10. The molecule has 0 atom stereocenters. The van der Waals surface area contributed by atoms with Gasteiger partial charge in [-0.25, -0.2) is 4.98 Å². The van der Waals surface area contributed by atoms with Crippen LogP contribution in [0.5, 0.6) is 0 Å². The zero-order valence-electron chi connectivity index (χ0n) is 10.5. The summed E-state index contributed by atoms with van der Waals surface area (Å²) in [7, 11) is 1.64. The number of carbonyl (C=O) groups excluding carboxylic acids is 1. The minimum atomic E-state index is -0.00587. The third-order valence-corrected chi connectivity index (χ3v) is 3.45. The molecule has 0 aliphatic carbocycles. The SMILES string of the molecule is CCCN(CC(=O)NC)c1nccc(C)c1Br. The fraction of sp³-hybridized carbons (Fsp3) is 0.500. The molecule has 4 nitrogen and oxygen atoms in total. The number of nitrogens with zero attached hydrogens (tertiary/aromatic N) is 2. The summed E-state index contributed by atoms with van der Waals surface area (Å²) < 4.78 is 0.956. The average Bonchev–Trinajstić information content (AvgIpc) is 2.32. The van der Waals surface area contributed by atoms with E-state index in [0.29, 0.717) is 6.54 Å². The molecule has 0 fully saturated rings. The Kier molecular flexibility index (Phi) is 5.41. The van der Waals surface area contributed by atoms with E-state index in [2.05, 4.69) is 33.2 Å². The summed E-state index contributed by atoms with van der Waals surface area (Å²) in [4.78, 5) is 17.8. The second-order valence-electron chi connectivity index (χ2n) is 3.86. The van der Waals surface area contributed by atoms with Crippen LogP contribution in [0, 0.1) is 6.92 Å².